The number of hydrogen-bond donors (Lipinski definition) is 0. The van der Waals surface area contributed by atoms with Crippen LogP contribution in [0.1, 0.15) is 88.5 Å². The molecule has 0 atom stereocenters. The van der Waals surface area contributed by atoms with Crippen molar-refractivity contribution in [2.45, 2.75) is 66.2 Å². The van der Waals surface area contributed by atoms with Gasteiger partial charge in [0.05, 0.1) is 0 Å². The largest absolute Gasteiger partial charge is 0.0955 e. The summed E-state index contributed by atoms with van der Waals surface area (Å²) in [6.07, 6.45) is 0. The zero-order valence-corrected chi connectivity index (χ0v) is 15.2. The Kier molecular flexibility index (Phi) is 4.80. The van der Waals surface area contributed by atoms with Gasteiger partial charge in [-0.25, -0.2) is 0 Å². The van der Waals surface area contributed by atoms with Crippen LogP contribution in [0.4, 0.5) is 0 Å². The van der Waals surface area contributed by atoms with E-state index in [1.54, 1.807) is 5.56 Å². The summed E-state index contributed by atoms with van der Waals surface area (Å²) in [6, 6.07) is 8.86. The summed E-state index contributed by atoms with van der Waals surface area (Å²) >= 11 is 0. The maximum absolute atomic E-state index is 4.29. The van der Waals surface area contributed by atoms with Gasteiger partial charge in [-0.05, 0) is 57.7 Å². The lowest BCUT2D eigenvalue weighted by atomic mass is 9.76. The highest BCUT2D eigenvalue weighted by molar-refractivity contribution is 5.98. The predicted octanol–water partition coefficient (Wildman–Crippen LogP) is 7.24. The summed E-state index contributed by atoms with van der Waals surface area (Å²) in [4.78, 5) is 0. The Bertz CT molecular complexity index is 700. The summed E-state index contributed by atoms with van der Waals surface area (Å²) in [7, 11) is 0. The summed E-state index contributed by atoms with van der Waals surface area (Å²) in [5.74, 6) is 1.56. The molecule has 0 aliphatic heterocycles. The third-order valence-electron chi connectivity index (χ3n) is 4.50. The second kappa shape index (κ2) is 6.28. The van der Waals surface area contributed by atoms with Gasteiger partial charge in [0.2, 0.25) is 0 Å². The first-order valence-corrected chi connectivity index (χ1v) is 8.51. The molecule has 0 heteroatoms. The van der Waals surface area contributed by atoms with Gasteiger partial charge in [0.15, 0.2) is 0 Å². The highest BCUT2D eigenvalue weighted by Crippen LogP contribution is 2.43. The van der Waals surface area contributed by atoms with Crippen LogP contribution in [0.5, 0.6) is 0 Å². The van der Waals surface area contributed by atoms with Gasteiger partial charge in [-0.3, -0.25) is 0 Å². The van der Waals surface area contributed by atoms with E-state index in [1.807, 2.05) is 0 Å². The monoisotopic (exact) mass is 294 g/mol. The molecular formula is C22H30. The lowest BCUT2D eigenvalue weighted by molar-refractivity contribution is 0.753. The molecule has 2 aromatic rings. The van der Waals surface area contributed by atoms with Crippen molar-refractivity contribution in [1.29, 1.82) is 0 Å². The lowest BCUT2D eigenvalue weighted by Gasteiger charge is -2.28. The second-order valence-electron chi connectivity index (χ2n) is 7.41. The van der Waals surface area contributed by atoms with E-state index in [0.717, 1.165) is 0 Å². The molecule has 2 aromatic carbocycles. The normalized spacial score (nSPS) is 11.9. The van der Waals surface area contributed by atoms with Gasteiger partial charge >= 0.3 is 0 Å². The Morgan fingerprint density at radius 3 is 1.59 bits per heavy atom. The Labute approximate surface area is 136 Å². The number of benzene rings is 2. The van der Waals surface area contributed by atoms with Gasteiger partial charge in [-0.15, -0.1) is 0 Å². The SMILES string of the molecule is C=C(C)c1c(C(C)C)c(C(C)C)c(C(C)C)c2ccccc12. The predicted molar refractivity (Wildman–Crippen MR) is 101 cm³/mol. The molecule has 22 heavy (non-hydrogen) atoms. The molecule has 0 heterocycles. The first-order chi connectivity index (χ1) is 10.3. The molecule has 2 rings (SSSR count). The van der Waals surface area contributed by atoms with Gasteiger partial charge in [-0.2, -0.15) is 0 Å². The summed E-state index contributed by atoms with van der Waals surface area (Å²) in [6.45, 7) is 20.3. The van der Waals surface area contributed by atoms with Crippen molar-refractivity contribution >= 4 is 16.3 Å². The molecule has 0 radical (unpaired) electrons. The van der Waals surface area contributed by atoms with Crippen LogP contribution in [0.25, 0.3) is 16.3 Å². The van der Waals surface area contributed by atoms with E-state index < -0.39 is 0 Å². The van der Waals surface area contributed by atoms with Gasteiger partial charge in [-0.1, -0.05) is 78.0 Å². The minimum atomic E-state index is 0.506. The summed E-state index contributed by atoms with van der Waals surface area (Å²) < 4.78 is 0. The highest BCUT2D eigenvalue weighted by atomic mass is 14.3. The van der Waals surface area contributed by atoms with Crippen LogP contribution >= 0.6 is 0 Å². The minimum Gasteiger partial charge on any atom is -0.0955 e. The van der Waals surface area contributed by atoms with Crippen molar-refractivity contribution in [3.05, 3.63) is 53.1 Å². The number of fused-ring (bicyclic) bond motifs is 1. The Hall–Kier alpha value is -1.56. The lowest BCUT2D eigenvalue weighted by Crippen LogP contribution is -2.10. The van der Waals surface area contributed by atoms with Crippen molar-refractivity contribution < 1.29 is 0 Å². The maximum Gasteiger partial charge on any atom is -0.0103 e. The Morgan fingerprint density at radius 1 is 0.727 bits per heavy atom. The number of rotatable bonds is 4. The summed E-state index contributed by atoms with van der Waals surface area (Å²) in [5.41, 5.74) is 7.13. The zero-order chi connectivity index (χ0) is 16.6. The van der Waals surface area contributed by atoms with Crippen LogP contribution in [0, 0.1) is 0 Å². The van der Waals surface area contributed by atoms with Gasteiger partial charge in [0.25, 0.3) is 0 Å². The van der Waals surface area contributed by atoms with E-state index in [-0.39, 0.29) is 0 Å². The third-order valence-corrected chi connectivity index (χ3v) is 4.50. The van der Waals surface area contributed by atoms with Crippen molar-refractivity contribution in [1.82, 2.24) is 0 Å². The minimum absolute atomic E-state index is 0.506. The molecule has 0 saturated carbocycles. The molecule has 118 valence electrons. The average molecular weight is 294 g/mol. The van der Waals surface area contributed by atoms with E-state index in [4.69, 9.17) is 0 Å². The molecule has 0 aliphatic carbocycles. The molecule has 0 unspecified atom stereocenters. The zero-order valence-electron chi connectivity index (χ0n) is 15.2. The molecule has 0 saturated heterocycles. The third kappa shape index (κ3) is 2.72. The van der Waals surface area contributed by atoms with E-state index in [0.29, 0.717) is 17.8 Å². The standard InChI is InChI=1S/C22H30/c1-13(2)19-17-11-9-10-12-18(17)20(14(3)4)22(16(7)8)21(19)15(5)6/h9-12,14-16H,1H2,2-8H3. The van der Waals surface area contributed by atoms with Crippen LogP contribution in [0.3, 0.4) is 0 Å². The number of allylic oxidation sites excluding steroid dienone is 1. The van der Waals surface area contributed by atoms with Crippen LogP contribution in [0.2, 0.25) is 0 Å². The number of hydrogen-bond acceptors (Lipinski definition) is 0. The molecule has 0 aromatic heterocycles. The van der Waals surface area contributed by atoms with Gasteiger partial charge < -0.3 is 0 Å². The second-order valence-corrected chi connectivity index (χ2v) is 7.41. The molecular weight excluding hydrogens is 264 g/mol. The van der Waals surface area contributed by atoms with Crippen molar-refractivity contribution in [2.75, 3.05) is 0 Å². The topological polar surface area (TPSA) is 0 Å². The Morgan fingerprint density at radius 2 is 1.18 bits per heavy atom. The molecule has 0 spiro atoms. The molecule has 0 fully saturated rings. The van der Waals surface area contributed by atoms with Crippen molar-refractivity contribution in [3.63, 3.8) is 0 Å². The van der Waals surface area contributed by atoms with Crippen LogP contribution in [-0.4, -0.2) is 0 Å². The maximum atomic E-state index is 4.29. The van der Waals surface area contributed by atoms with Gasteiger partial charge in [0.1, 0.15) is 0 Å². The first kappa shape index (κ1) is 16.8. The molecule has 0 amide bonds. The van der Waals surface area contributed by atoms with E-state index in [2.05, 4.69) is 79.3 Å². The average Bonchev–Trinajstić information content (AvgIpc) is 2.43. The summed E-state index contributed by atoms with van der Waals surface area (Å²) in [5, 5.41) is 2.77. The fraction of sp³-hybridized carbons (Fsp3) is 0.455. The fourth-order valence-electron chi connectivity index (χ4n) is 3.81. The fourth-order valence-corrected chi connectivity index (χ4v) is 3.81. The van der Waals surface area contributed by atoms with E-state index in [9.17, 15) is 0 Å². The van der Waals surface area contributed by atoms with Crippen LogP contribution < -0.4 is 0 Å². The van der Waals surface area contributed by atoms with Crippen molar-refractivity contribution in [2.24, 2.45) is 0 Å². The van der Waals surface area contributed by atoms with Crippen molar-refractivity contribution in [3.8, 4) is 0 Å². The Balaban J connectivity index is 3.13. The van der Waals surface area contributed by atoms with Gasteiger partial charge in [0, 0.05) is 0 Å². The highest BCUT2D eigenvalue weighted by Gasteiger charge is 2.24. The first-order valence-electron chi connectivity index (χ1n) is 8.51. The molecule has 0 nitrogen and oxygen atoms in total. The van der Waals surface area contributed by atoms with Crippen LogP contribution in [0.15, 0.2) is 30.8 Å². The smallest absolute Gasteiger partial charge is 0.0103 e. The molecule has 0 N–H and O–H groups in total. The molecule has 0 bridgehead atoms. The van der Waals surface area contributed by atoms with Crippen LogP contribution in [-0.2, 0) is 0 Å². The van der Waals surface area contributed by atoms with E-state index >= 15 is 0 Å². The quantitative estimate of drug-likeness (QED) is 0.557. The van der Waals surface area contributed by atoms with E-state index in [1.165, 1.54) is 33.0 Å². The molecule has 0 aliphatic rings.